The molecule has 2 N–H and O–H groups in total. The maximum Gasteiger partial charge on any atom is 0.156 e. The van der Waals surface area contributed by atoms with Gasteiger partial charge in [-0.3, -0.25) is 0 Å². The second kappa shape index (κ2) is 9.84. The van der Waals surface area contributed by atoms with E-state index in [1.807, 2.05) is 18.3 Å². The number of aromatic nitrogens is 2. The summed E-state index contributed by atoms with van der Waals surface area (Å²) < 4.78 is 23.6. The van der Waals surface area contributed by atoms with Gasteiger partial charge in [0.1, 0.15) is 0 Å². The quantitative estimate of drug-likeness (QED) is 0.414. The van der Waals surface area contributed by atoms with E-state index in [0.717, 1.165) is 42.6 Å². The molecule has 0 amide bonds. The zero-order valence-corrected chi connectivity index (χ0v) is 19.8. The summed E-state index contributed by atoms with van der Waals surface area (Å²) in [6.45, 7) is 18.2. The molecule has 1 aliphatic rings. The van der Waals surface area contributed by atoms with Crippen LogP contribution in [-0.4, -0.2) is 19.2 Å². The molecule has 3 atom stereocenters. The fraction of sp³-hybridized carbons (Fsp3) is 0.435. The van der Waals surface area contributed by atoms with Gasteiger partial charge in [0.05, 0.1) is 20.7 Å². The molecular weight excluding hydrogens is 416 g/mol. The first-order valence-electron chi connectivity index (χ1n) is 10.2. The van der Waals surface area contributed by atoms with Crippen LogP contribution in [0, 0.1) is 10.2 Å². The highest BCUT2D eigenvalue weighted by atomic mass is 35.5. The summed E-state index contributed by atoms with van der Waals surface area (Å²) in [7, 11) is -2.93. The second-order valence-corrected chi connectivity index (χ2v) is 10.7. The molecule has 0 aliphatic heterocycles. The Labute approximate surface area is 186 Å². The van der Waals surface area contributed by atoms with Crippen LogP contribution in [0.25, 0.3) is 5.70 Å². The Kier molecular flexibility index (Phi) is 7.94. The van der Waals surface area contributed by atoms with Gasteiger partial charge >= 0.3 is 0 Å². The van der Waals surface area contributed by atoms with Crippen molar-refractivity contribution in [2.24, 2.45) is 5.41 Å². The summed E-state index contributed by atoms with van der Waals surface area (Å²) in [6, 6.07) is 0. The van der Waals surface area contributed by atoms with Gasteiger partial charge in [-0.25, -0.2) is 13.7 Å². The van der Waals surface area contributed by atoms with Crippen LogP contribution in [0.4, 0.5) is 0 Å². The molecule has 1 aromatic heterocycles. The Morgan fingerprint density at radius 3 is 2.87 bits per heavy atom. The van der Waals surface area contributed by atoms with Crippen molar-refractivity contribution in [2.45, 2.75) is 58.2 Å². The van der Waals surface area contributed by atoms with Crippen molar-refractivity contribution in [1.29, 1.82) is 4.78 Å². The molecule has 1 saturated carbocycles. The van der Waals surface area contributed by atoms with Gasteiger partial charge in [0.15, 0.2) is 5.15 Å². The zero-order valence-electron chi connectivity index (χ0n) is 18.2. The summed E-state index contributed by atoms with van der Waals surface area (Å²) in [5.41, 5.74) is 1.91. The predicted octanol–water partition coefficient (Wildman–Crippen LogP) is 6.27. The van der Waals surface area contributed by atoms with Gasteiger partial charge < -0.3 is 5.32 Å². The molecule has 3 unspecified atom stereocenters. The highest BCUT2D eigenvalue weighted by Gasteiger charge is 2.46. The molecule has 5 nitrogen and oxygen atoms in total. The molecule has 0 spiro atoms. The number of nitrogens with one attached hydrogen (secondary N) is 2. The minimum absolute atomic E-state index is 0.293. The highest BCUT2D eigenvalue weighted by Crippen LogP contribution is 2.47. The average Bonchev–Trinajstić information content (AvgIpc) is 3.28. The average molecular weight is 449 g/mol. The van der Waals surface area contributed by atoms with E-state index in [1.165, 1.54) is 0 Å². The van der Waals surface area contributed by atoms with Crippen molar-refractivity contribution in [2.75, 3.05) is 0 Å². The van der Waals surface area contributed by atoms with E-state index in [0.29, 0.717) is 16.6 Å². The largest absolute Gasteiger partial charge is 0.384 e. The number of allylic oxidation sites excluding steroid dienone is 7. The SMILES string of the molecule is C=C/C=C(\C)S(=N)(=O)C1CCCC1(C)C(=C)NCc1cn(C(=C)/C=C\CC)nc1Cl. The Morgan fingerprint density at radius 2 is 2.23 bits per heavy atom. The fourth-order valence-electron chi connectivity index (χ4n) is 3.89. The standard InChI is InChI=1S/C23H33ClN4OS/c1-7-9-12-17(3)28-16-20(22(24)27-28)15-26-19(5)23(6)14-10-13-21(23)30(25,29)18(4)11-8-2/h8-9,11-12,16,21,25-26H,2-3,5,7,10,13-15H2,1,4,6H3/b12-9-,18-11+. The number of nitrogens with zero attached hydrogens (tertiary/aromatic N) is 2. The zero-order chi connectivity index (χ0) is 22.5. The number of rotatable bonds is 10. The number of hydrogen-bond donors (Lipinski definition) is 2. The molecular formula is C23H33ClN4OS. The van der Waals surface area contributed by atoms with E-state index in [9.17, 15) is 4.21 Å². The lowest BCUT2D eigenvalue weighted by Gasteiger charge is -2.35. The molecule has 30 heavy (non-hydrogen) atoms. The molecule has 1 aromatic rings. The van der Waals surface area contributed by atoms with Crippen molar-refractivity contribution in [1.82, 2.24) is 15.1 Å². The van der Waals surface area contributed by atoms with Crippen LogP contribution in [0.5, 0.6) is 0 Å². The van der Waals surface area contributed by atoms with Gasteiger partial charge in [0, 0.05) is 34.3 Å². The van der Waals surface area contributed by atoms with Crippen LogP contribution in [0.3, 0.4) is 0 Å². The third-order valence-electron chi connectivity index (χ3n) is 5.87. The van der Waals surface area contributed by atoms with Gasteiger partial charge in [0.25, 0.3) is 0 Å². The molecule has 164 valence electrons. The lowest BCUT2D eigenvalue weighted by Crippen LogP contribution is -2.39. The first-order valence-corrected chi connectivity index (χ1v) is 12.2. The van der Waals surface area contributed by atoms with Crippen LogP contribution < -0.4 is 5.32 Å². The van der Waals surface area contributed by atoms with E-state index < -0.39 is 15.1 Å². The summed E-state index contributed by atoms with van der Waals surface area (Å²) in [5, 5.41) is 7.80. The predicted molar refractivity (Wildman–Crippen MR) is 129 cm³/mol. The first-order chi connectivity index (χ1) is 14.1. The lowest BCUT2D eigenvalue weighted by molar-refractivity contribution is 0.388. The number of hydrogen-bond acceptors (Lipinski definition) is 4. The monoisotopic (exact) mass is 448 g/mol. The van der Waals surface area contributed by atoms with Crippen molar-refractivity contribution in [3.63, 3.8) is 0 Å². The maximum atomic E-state index is 13.3. The van der Waals surface area contributed by atoms with E-state index in [2.05, 4.69) is 44.0 Å². The second-order valence-electron chi connectivity index (χ2n) is 7.94. The van der Waals surface area contributed by atoms with Gasteiger partial charge in [-0.05, 0) is 32.3 Å². The van der Waals surface area contributed by atoms with Crippen LogP contribution in [-0.2, 0) is 16.3 Å². The van der Waals surface area contributed by atoms with E-state index >= 15 is 0 Å². The van der Waals surface area contributed by atoms with E-state index in [1.54, 1.807) is 23.8 Å². The van der Waals surface area contributed by atoms with E-state index in [4.69, 9.17) is 16.4 Å². The minimum atomic E-state index is -2.93. The summed E-state index contributed by atoms with van der Waals surface area (Å²) in [4.78, 5) is 0.561. The van der Waals surface area contributed by atoms with Crippen molar-refractivity contribution in [3.8, 4) is 0 Å². The summed E-state index contributed by atoms with van der Waals surface area (Å²) in [6.07, 6.45) is 12.5. The molecule has 7 heteroatoms. The van der Waals surface area contributed by atoms with Gasteiger partial charge in [0.2, 0.25) is 0 Å². The van der Waals surface area contributed by atoms with Gasteiger partial charge in [-0.1, -0.05) is 69.8 Å². The Hall–Kier alpha value is -2.05. The molecule has 0 aromatic carbocycles. The normalized spacial score (nSPS) is 24.0. The molecule has 1 aliphatic carbocycles. The molecule has 2 rings (SSSR count). The molecule has 1 fully saturated rings. The van der Waals surface area contributed by atoms with Crippen LogP contribution >= 0.6 is 11.6 Å². The third kappa shape index (κ3) is 4.98. The topological polar surface area (TPSA) is 70.8 Å². The summed E-state index contributed by atoms with van der Waals surface area (Å²) in [5.74, 6) is 0. The Morgan fingerprint density at radius 1 is 1.53 bits per heavy atom. The van der Waals surface area contributed by atoms with Crippen LogP contribution in [0.2, 0.25) is 5.15 Å². The Bertz CT molecular complexity index is 987. The fourth-order valence-corrected chi connectivity index (χ4v) is 6.33. The molecule has 0 saturated heterocycles. The minimum Gasteiger partial charge on any atom is -0.384 e. The van der Waals surface area contributed by atoms with Gasteiger partial charge in [-0.15, -0.1) is 0 Å². The van der Waals surface area contributed by atoms with Crippen molar-refractivity contribution >= 4 is 27.0 Å². The molecule has 1 heterocycles. The molecule has 0 radical (unpaired) electrons. The van der Waals surface area contributed by atoms with Crippen molar-refractivity contribution in [3.05, 3.63) is 71.6 Å². The smallest absolute Gasteiger partial charge is 0.156 e. The summed E-state index contributed by atoms with van der Waals surface area (Å²) >= 11 is 6.32. The van der Waals surface area contributed by atoms with Crippen LogP contribution in [0.1, 0.15) is 52.0 Å². The maximum absolute atomic E-state index is 13.3. The Balaban J connectivity index is 2.17. The lowest BCUT2D eigenvalue weighted by atomic mass is 9.85. The van der Waals surface area contributed by atoms with E-state index in [-0.39, 0.29) is 5.25 Å². The van der Waals surface area contributed by atoms with Gasteiger partial charge in [-0.2, -0.15) is 5.10 Å². The molecule has 0 bridgehead atoms. The highest BCUT2D eigenvalue weighted by molar-refractivity contribution is 7.96. The first kappa shape index (κ1) is 24.2. The number of halogens is 1. The van der Waals surface area contributed by atoms with Crippen LogP contribution in [0.15, 0.2) is 60.8 Å². The third-order valence-corrected chi connectivity index (χ3v) is 8.83. The van der Waals surface area contributed by atoms with Crippen molar-refractivity contribution < 1.29 is 4.21 Å².